The number of nitrogens with zero attached hydrogens (tertiary/aromatic N) is 3. The summed E-state index contributed by atoms with van der Waals surface area (Å²) < 4.78 is 31.0. The fourth-order valence-electron chi connectivity index (χ4n) is 6.22. The number of sulfonamides is 1. The lowest BCUT2D eigenvalue weighted by molar-refractivity contribution is -0.117. The zero-order chi connectivity index (χ0) is 30.7. The lowest BCUT2D eigenvalue weighted by Crippen LogP contribution is -2.47. The molecule has 3 aromatic carbocycles. The molecular formula is C33H38ClN3O5S. The van der Waals surface area contributed by atoms with Crippen LogP contribution < -0.4 is 14.5 Å². The van der Waals surface area contributed by atoms with Gasteiger partial charge in [-0.25, -0.2) is 12.7 Å². The van der Waals surface area contributed by atoms with Gasteiger partial charge in [0, 0.05) is 48.0 Å². The highest BCUT2D eigenvalue weighted by Gasteiger charge is 2.38. The molecule has 0 bridgehead atoms. The van der Waals surface area contributed by atoms with Crippen molar-refractivity contribution in [3.8, 4) is 5.75 Å². The van der Waals surface area contributed by atoms with Crippen LogP contribution in [0.1, 0.15) is 61.5 Å². The van der Waals surface area contributed by atoms with Gasteiger partial charge >= 0.3 is 0 Å². The Bertz CT molecular complexity index is 1550. The molecule has 0 aromatic heterocycles. The number of para-hydroxylation sites is 1. The van der Waals surface area contributed by atoms with Crippen LogP contribution >= 0.6 is 11.6 Å². The van der Waals surface area contributed by atoms with Crippen molar-refractivity contribution in [2.75, 3.05) is 35.8 Å². The first kappa shape index (κ1) is 31.0. The Hall–Kier alpha value is -3.40. The van der Waals surface area contributed by atoms with Crippen molar-refractivity contribution >= 4 is 44.8 Å². The predicted molar refractivity (Wildman–Crippen MR) is 170 cm³/mol. The molecule has 2 amide bonds. The number of amides is 2. The molecule has 8 nitrogen and oxygen atoms in total. The van der Waals surface area contributed by atoms with Gasteiger partial charge in [-0.2, -0.15) is 0 Å². The lowest BCUT2D eigenvalue weighted by Gasteiger charge is -2.43. The van der Waals surface area contributed by atoms with E-state index >= 15 is 0 Å². The molecule has 10 heteroatoms. The molecule has 228 valence electrons. The monoisotopic (exact) mass is 623 g/mol. The van der Waals surface area contributed by atoms with Crippen LogP contribution in [0, 0.1) is 5.92 Å². The van der Waals surface area contributed by atoms with E-state index in [2.05, 4.69) is 0 Å². The number of hydrogen-bond donors (Lipinski definition) is 0. The second kappa shape index (κ2) is 13.1. The first-order valence-corrected chi connectivity index (χ1v) is 16.9. The smallest absolute Gasteiger partial charge is 0.258 e. The number of carbonyl (C=O) groups excluding carboxylic acids is 2. The molecule has 2 aliphatic rings. The fraction of sp³-hybridized carbons (Fsp3) is 0.394. The first-order chi connectivity index (χ1) is 20.5. The summed E-state index contributed by atoms with van der Waals surface area (Å²) in [6, 6.07) is 21.8. The maximum atomic E-state index is 13.9. The predicted octanol–water partition coefficient (Wildman–Crippen LogP) is 6.31. The number of carbonyl (C=O) groups is 2. The molecule has 1 saturated heterocycles. The quantitative estimate of drug-likeness (QED) is 0.293. The Morgan fingerprint density at radius 3 is 2.26 bits per heavy atom. The highest BCUT2D eigenvalue weighted by Crippen LogP contribution is 2.43. The zero-order valence-electron chi connectivity index (χ0n) is 24.8. The number of rotatable bonds is 8. The summed E-state index contributed by atoms with van der Waals surface area (Å²) in [5.41, 5.74) is 3.03. The van der Waals surface area contributed by atoms with Gasteiger partial charge in [-0.3, -0.25) is 9.59 Å². The summed E-state index contributed by atoms with van der Waals surface area (Å²) in [5, 5.41) is 0.602. The minimum atomic E-state index is -3.12. The van der Waals surface area contributed by atoms with Crippen LogP contribution in [0.15, 0.2) is 72.8 Å². The molecule has 2 aliphatic heterocycles. The van der Waals surface area contributed by atoms with Crippen molar-refractivity contribution < 1.29 is 22.7 Å². The summed E-state index contributed by atoms with van der Waals surface area (Å²) in [7, 11) is -3.12. The van der Waals surface area contributed by atoms with Gasteiger partial charge in [0.2, 0.25) is 15.9 Å². The molecule has 0 aliphatic carbocycles. The lowest BCUT2D eigenvalue weighted by atomic mass is 9.89. The summed E-state index contributed by atoms with van der Waals surface area (Å²) in [6.07, 6.45) is 4.37. The van der Waals surface area contributed by atoms with Gasteiger partial charge in [-0.05, 0) is 98.7 Å². The Balaban J connectivity index is 1.26. The molecule has 0 unspecified atom stereocenters. The average molecular weight is 624 g/mol. The number of hydrogen-bond acceptors (Lipinski definition) is 5. The van der Waals surface area contributed by atoms with Gasteiger partial charge in [0.1, 0.15) is 5.75 Å². The summed E-state index contributed by atoms with van der Waals surface area (Å²) in [6.45, 7) is 5.23. The molecule has 3 aromatic rings. The van der Waals surface area contributed by atoms with E-state index in [1.807, 2.05) is 60.4 Å². The van der Waals surface area contributed by atoms with E-state index in [-0.39, 0.29) is 23.9 Å². The minimum absolute atomic E-state index is 0.0796. The zero-order valence-corrected chi connectivity index (χ0v) is 26.4. The molecule has 1 fully saturated rings. The summed E-state index contributed by atoms with van der Waals surface area (Å²) >= 11 is 6.11. The van der Waals surface area contributed by atoms with Crippen LogP contribution in [0.25, 0.3) is 0 Å². The number of anilines is 2. The molecule has 2 atom stereocenters. The molecule has 5 rings (SSSR count). The van der Waals surface area contributed by atoms with E-state index in [9.17, 15) is 18.0 Å². The second-order valence-corrected chi connectivity index (χ2v) is 13.9. The Labute approximate surface area is 259 Å². The van der Waals surface area contributed by atoms with Crippen molar-refractivity contribution in [3.05, 3.63) is 88.9 Å². The Morgan fingerprint density at radius 2 is 1.63 bits per heavy atom. The van der Waals surface area contributed by atoms with Crippen LogP contribution in [0.2, 0.25) is 5.02 Å². The van der Waals surface area contributed by atoms with Crippen LogP contribution in [-0.2, 0) is 14.8 Å². The molecule has 43 heavy (non-hydrogen) atoms. The van der Waals surface area contributed by atoms with E-state index in [1.54, 1.807) is 40.4 Å². The standard InChI is InChI=1S/C33H38ClN3O5S/c1-23-22-32(37(24(2)38)28-12-10-27(34)11-13-28)30-6-4-5-7-31(30)36(23)33(39)26-8-14-29(15-9-26)42-21-18-25-16-19-35(20-17-25)43(3,40)41/h4-15,23,25,32H,16-22H2,1-3H3/t23-,32+/m0/s1. The summed E-state index contributed by atoms with van der Waals surface area (Å²) in [5.74, 6) is 0.937. The number of fused-ring (bicyclic) bond motifs is 1. The van der Waals surface area contributed by atoms with Gasteiger partial charge in [0.05, 0.1) is 18.9 Å². The molecule has 0 radical (unpaired) electrons. The number of piperidine rings is 1. The third-order valence-corrected chi connectivity index (χ3v) is 10.0. The van der Waals surface area contributed by atoms with Crippen molar-refractivity contribution in [1.82, 2.24) is 4.31 Å². The van der Waals surface area contributed by atoms with E-state index in [1.165, 1.54) is 6.26 Å². The fourth-order valence-corrected chi connectivity index (χ4v) is 7.22. The van der Waals surface area contributed by atoms with Gasteiger partial charge in [0.25, 0.3) is 5.91 Å². The van der Waals surface area contributed by atoms with Crippen molar-refractivity contribution in [2.24, 2.45) is 5.92 Å². The van der Waals surface area contributed by atoms with Crippen LogP contribution in [0.4, 0.5) is 11.4 Å². The highest BCUT2D eigenvalue weighted by atomic mass is 35.5. The molecular weight excluding hydrogens is 586 g/mol. The van der Waals surface area contributed by atoms with E-state index in [0.29, 0.717) is 48.4 Å². The van der Waals surface area contributed by atoms with Crippen molar-refractivity contribution in [2.45, 2.75) is 51.6 Å². The first-order valence-electron chi connectivity index (χ1n) is 14.7. The Kier molecular flexibility index (Phi) is 9.44. The third-order valence-electron chi connectivity index (χ3n) is 8.47. The molecule has 0 N–H and O–H groups in total. The van der Waals surface area contributed by atoms with E-state index in [0.717, 1.165) is 36.2 Å². The Morgan fingerprint density at radius 1 is 0.977 bits per heavy atom. The molecule has 2 heterocycles. The van der Waals surface area contributed by atoms with Gasteiger partial charge in [-0.1, -0.05) is 29.8 Å². The van der Waals surface area contributed by atoms with Gasteiger partial charge < -0.3 is 14.5 Å². The molecule has 0 spiro atoms. The SMILES string of the molecule is CC(=O)N(c1ccc(Cl)cc1)[C@@H]1C[C@H](C)N(C(=O)c2ccc(OCCC3CCN(S(C)(=O)=O)CC3)cc2)c2ccccc21. The second-order valence-electron chi connectivity index (χ2n) is 11.5. The molecule has 0 saturated carbocycles. The number of halogens is 1. The summed E-state index contributed by atoms with van der Waals surface area (Å²) in [4.78, 5) is 30.4. The maximum Gasteiger partial charge on any atom is 0.258 e. The highest BCUT2D eigenvalue weighted by molar-refractivity contribution is 7.88. The van der Waals surface area contributed by atoms with E-state index < -0.39 is 10.0 Å². The normalized spacial score (nSPS) is 19.5. The van der Waals surface area contributed by atoms with E-state index in [4.69, 9.17) is 16.3 Å². The number of benzene rings is 3. The van der Waals surface area contributed by atoms with Gasteiger partial charge in [-0.15, -0.1) is 0 Å². The van der Waals surface area contributed by atoms with Crippen molar-refractivity contribution in [1.29, 1.82) is 0 Å². The average Bonchev–Trinajstić information content (AvgIpc) is 2.98. The van der Waals surface area contributed by atoms with Crippen LogP contribution in [0.3, 0.4) is 0 Å². The van der Waals surface area contributed by atoms with Crippen molar-refractivity contribution in [3.63, 3.8) is 0 Å². The number of ether oxygens (including phenoxy) is 1. The largest absolute Gasteiger partial charge is 0.494 e. The minimum Gasteiger partial charge on any atom is -0.494 e. The maximum absolute atomic E-state index is 13.9. The van der Waals surface area contributed by atoms with Crippen LogP contribution in [0.5, 0.6) is 5.75 Å². The topological polar surface area (TPSA) is 87.2 Å². The van der Waals surface area contributed by atoms with Gasteiger partial charge in [0.15, 0.2) is 0 Å². The third kappa shape index (κ3) is 7.06. The van der Waals surface area contributed by atoms with Crippen LogP contribution in [-0.4, -0.2) is 56.5 Å².